The Morgan fingerprint density at radius 2 is 1.86 bits per heavy atom. The van der Waals surface area contributed by atoms with E-state index in [0.29, 0.717) is 16.8 Å². The Morgan fingerprint density at radius 1 is 1.23 bits per heavy atom. The average molecular weight is 359 g/mol. The van der Waals surface area contributed by atoms with E-state index in [1.807, 2.05) is 6.07 Å². The highest BCUT2D eigenvalue weighted by Crippen LogP contribution is 2.33. The number of ether oxygens (including phenoxy) is 1. The molecule has 0 saturated heterocycles. The number of hydrogen-bond donors (Lipinski definition) is 0. The zero-order valence-corrected chi connectivity index (χ0v) is 14.7. The van der Waals surface area contributed by atoms with Crippen LogP contribution in [0.5, 0.6) is 5.75 Å². The van der Waals surface area contributed by atoms with E-state index in [9.17, 15) is 5.26 Å². The number of hydrogen-bond acceptors (Lipinski definition) is 3. The van der Waals surface area contributed by atoms with Crippen LogP contribution in [-0.2, 0) is 18.2 Å². The monoisotopic (exact) mass is 358 g/mol. The molecule has 0 fully saturated rings. The van der Waals surface area contributed by atoms with Crippen LogP contribution < -0.4 is 4.74 Å². The van der Waals surface area contributed by atoms with Gasteiger partial charge in [-0.1, -0.05) is 48.0 Å². The summed E-state index contributed by atoms with van der Waals surface area (Å²) in [5.74, 6) is 0.700. The van der Waals surface area contributed by atoms with Crippen LogP contribution in [0.3, 0.4) is 0 Å². The van der Waals surface area contributed by atoms with Crippen molar-refractivity contribution >= 4 is 15.9 Å². The number of nitriles is 1. The average Bonchev–Trinajstić information content (AvgIpc) is 2.59. The number of halogens is 1. The molecule has 0 bridgehead atoms. The molecule has 0 aliphatic heterocycles. The van der Waals surface area contributed by atoms with Crippen molar-refractivity contribution in [3.63, 3.8) is 0 Å². The van der Waals surface area contributed by atoms with Crippen LogP contribution in [0.1, 0.15) is 36.2 Å². The van der Waals surface area contributed by atoms with E-state index in [1.54, 1.807) is 7.11 Å². The SMILES string of the molecule is CCc1cccc(CC)c1-c1cc(OC)c(CBr)c(C#N)n1. The Morgan fingerprint density at radius 3 is 2.32 bits per heavy atom. The van der Waals surface area contributed by atoms with Gasteiger partial charge in [-0.05, 0) is 24.0 Å². The highest BCUT2D eigenvalue weighted by Gasteiger charge is 2.16. The van der Waals surface area contributed by atoms with Gasteiger partial charge in [-0.3, -0.25) is 0 Å². The van der Waals surface area contributed by atoms with Gasteiger partial charge in [0.05, 0.1) is 12.8 Å². The minimum absolute atomic E-state index is 0.416. The quantitative estimate of drug-likeness (QED) is 0.730. The number of aryl methyl sites for hydroxylation is 2. The summed E-state index contributed by atoms with van der Waals surface area (Å²) in [5, 5.41) is 9.95. The molecule has 1 aromatic carbocycles. The van der Waals surface area contributed by atoms with Crippen molar-refractivity contribution in [2.24, 2.45) is 0 Å². The molecule has 2 rings (SSSR count). The number of alkyl halides is 1. The number of pyridine rings is 1. The summed E-state index contributed by atoms with van der Waals surface area (Å²) in [5.41, 5.74) is 5.63. The molecule has 0 radical (unpaired) electrons. The first-order valence-electron chi connectivity index (χ1n) is 7.35. The zero-order chi connectivity index (χ0) is 16.1. The largest absolute Gasteiger partial charge is 0.496 e. The van der Waals surface area contributed by atoms with Gasteiger partial charge >= 0.3 is 0 Å². The van der Waals surface area contributed by atoms with Gasteiger partial charge in [-0.25, -0.2) is 4.98 Å². The summed E-state index contributed by atoms with van der Waals surface area (Å²) in [6.45, 7) is 4.27. The summed E-state index contributed by atoms with van der Waals surface area (Å²) in [4.78, 5) is 4.59. The summed E-state index contributed by atoms with van der Waals surface area (Å²) in [7, 11) is 1.62. The first-order valence-corrected chi connectivity index (χ1v) is 8.47. The van der Waals surface area contributed by atoms with Gasteiger partial charge in [-0.15, -0.1) is 0 Å². The molecule has 114 valence electrons. The van der Waals surface area contributed by atoms with E-state index in [0.717, 1.165) is 29.7 Å². The van der Waals surface area contributed by atoms with Gasteiger partial charge in [0.2, 0.25) is 0 Å². The molecule has 0 N–H and O–H groups in total. The van der Waals surface area contributed by atoms with E-state index < -0.39 is 0 Å². The van der Waals surface area contributed by atoms with Crippen LogP contribution in [0.2, 0.25) is 0 Å². The van der Waals surface area contributed by atoms with Crippen molar-refractivity contribution in [2.75, 3.05) is 7.11 Å². The lowest BCUT2D eigenvalue weighted by atomic mass is 9.94. The number of rotatable bonds is 5. The molecular weight excluding hydrogens is 340 g/mol. The van der Waals surface area contributed by atoms with Gasteiger partial charge in [-0.2, -0.15) is 5.26 Å². The molecular formula is C18H19BrN2O. The molecule has 0 aliphatic carbocycles. The molecule has 0 aliphatic rings. The Bertz CT molecular complexity index is 698. The molecule has 0 atom stereocenters. The minimum atomic E-state index is 0.416. The van der Waals surface area contributed by atoms with Crippen LogP contribution in [-0.4, -0.2) is 12.1 Å². The van der Waals surface area contributed by atoms with Crippen LogP contribution in [0.15, 0.2) is 24.3 Å². The molecule has 1 heterocycles. The Labute approximate surface area is 140 Å². The lowest BCUT2D eigenvalue weighted by Crippen LogP contribution is -2.02. The van der Waals surface area contributed by atoms with Crippen molar-refractivity contribution in [1.29, 1.82) is 5.26 Å². The topological polar surface area (TPSA) is 45.9 Å². The highest BCUT2D eigenvalue weighted by atomic mass is 79.9. The van der Waals surface area contributed by atoms with Crippen molar-refractivity contribution in [2.45, 2.75) is 32.0 Å². The molecule has 0 unspecified atom stereocenters. The van der Waals surface area contributed by atoms with Crippen molar-refractivity contribution in [3.8, 4) is 23.1 Å². The van der Waals surface area contributed by atoms with E-state index >= 15 is 0 Å². The Hall–Kier alpha value is -1.86. The molecule has 0 saturated carbocycles. The predicted molar refractivity (Wildman–Crippen MR) is 92.3 cm³/mol. The third-order valence-electron chi connectivity index (χ3n) is 3.80. The molecule has 2 aromatic rings. The third kappa shape index (κ3) is 3.00. The smallest absolute Gasteiger partial charge is 0.148 e. The molecule has 4 heteroatoms. The van der Waals surface area contributed by atoms with E-state index in [4.69, 9.17) is 4.74 Å². The molecule has 0 amide bonds. The Balaban J connectivity index is 2.76. The number of methoxy groups -OCH3 is 1. The maximum Gasteiger partial charge on any atom is 0.148 e. The lowest BCUT2D eigenvalue weighted by Gasteiger charge is -2.15. The van der Waals surface area contributed by atoms with Crippen LogP contribution in [0, 0.1) is 11.3 Å². The highest BCUT2D eigenvalue weighted by molar-refractivity contribution is 9.08. The summed E-state index contributed by atoms with van der Waals surface area (Å²) < 4.78 is 5.47. The van der Waals surface area contributed by atoms with Crippen LogP contribution in [0.25, 0.3) is 11.3 Å². The second-order valence-electron chi connectivity index (χ2n) is 4.94. The summed E-state index contributed by atoms with van der Waals surface area (Å²) >= 11 is 3.41. The third-order valence-corrected chi connectivity index (χ3v) is 4.36. The Kier molecular flexibility index (Phi) is 5.57. The van der Waals surface area contributed by atoms with E-state index in [1.165, 1.54) is 11.1 Å². The fraction of sp³-hybridized carbons (Fsp3) is 0.333. The van der Waals surface area contributed by atoms with Gasteiger partial charge in [0.1, 0.15) is 17.5 Å². The second kappa shape index (κ2) is 7.42. The van der Waals surface area contributed by atoms with Gasteiger partial charge in [0, 0.05) is 22.5 Å². The summed E-state index contributed by atoms with van der Waals surface area (Å²) in [6, 6.07) is 10.4. The summed E-state index contributed by atoms with van der Waals surface area (Å²) in [6.07, 6.45) is 1.85. The maximum atomic E-state index is 9.40. The fourth-order valence-corrected chi connectivity index (χ4v) is 3.19. The molecule has 3 nitrogen and oxygen atoms in total. The first-order chi connectivity index (χ1) is 10.7. The zero-order valence-electron chi connectivity index (χ0n) is 13.1. The normalized spacial score (nSPS) is 10.3. The predicted octanol–water partition coefficient (Wildman–Crippen LogP) is 4.65. The van der Waals surface area contributed by atoms with Gasteiger partial charge < -0.3 is 4.74 Å². The van der Waals surface area contributed by atoms with E-state index in [-0.39, 0.29) is 0 Å². The van der Waals surface area contributed by atoms with Crippen molar-refractivity contribution < 1.29 is 4.74 Å². The first kappa shape index (κ1) is 16.5. The van der Waals surface area contributed by atoms with Crippen molar-refractivity contribution in [1.82, 2.24) is 4.98 Å². The second-order valence-corrected chi connectivity index (χ2v) is 5.50. The standard InChI is InChI=1S/C18H19BrN2O/c1-4-12-7-6-8-13(5-2)18(12)15-9-17(22-3)14(10-19)16(11-20)21-15/h6-9H,4-5,10H2,1-3H3. The van der Waals surface area contributed by atoms with Gasteiger partial charge in [0.15, 0.2) is 0 Å². The van der Waals surface area contributed by atoms with Crippen LogP contribution >= 0.6 is 15.9 Å². The molecule has 1 aromatic heterocycles. The number of benzene rings is 1. The minimum Gasteiger partial charge on any atom is -0.496 e. The van der Waals surface area contributed by atoms with E-state index in [2.05, 4.69) is 59.0 Å². The maximum absolute atomic E-state index is 9.40. The molecule has 0 spiro atoms. The molecule has 22 heavy (non-hydrogen) atoms. The number of nitrogens with zero attached hydrogens (tertiary/aromatic N) is 2. The van der Waals surface area contributed by atoms with Crippen molar-refractivity contribution in [3.05, 3.63) is 46.6 Å². The van der Waals surface area contributed by atoms with Crippen LogP contribution in [0.4, 0.5) is 0 Å². The number of aromatic nitrogens is 1. The van der Waals surface area contributed by atoms with Gasteiger partial charge in [0.25, 0.3) is 0 Å². The fourth-order valence-electron chi connectivity index (χ4n) is 2.65. The lowest BCUT2D eigenvalue weighted by molar-refractivity contribution is 0.411.